The fraction of sp³-hybridized carbons (Fsp3) is 0.571. The van der Waals surface area contributed by atoms with Crippen LogP contribution in [0.4, 0.5) is 0 Å². The van der Waals surface area contributed by atoms with Crippen molar-refractivity contribution in [1.29, 1.82) is 0 Å². The molecule has 0 bridgehead atoms. The molecule has 0 amide bonds. The SMILES string of the molecule is Clc1ccccc1CO[C@@H]1C[C@H]2CNC[C@H]2C1. The first kappa shape index (κ1) is 11.5. The topological polar surface area (TPSA) is 21.3 Å². The summed E-state index contributed by atoms with van der Waals surface area (Å²) in [5.41, 5.74) is 1.10. The highest BCUT2D eigenvalue weighted by atomic mass is 35.5. The Morgan fingerprint density at radius 3 is 2.59 bits per heavy atom. The van der Waals surface area contributed by atoms with Crippen molar-refractivity contribution in [3.63, 3.8) is 0 Å². The van der Waals surface area contributed by atoms with Crippen molar-refractivity contribution in [2.45, 2.75) is 25.6 Å². The van der Waals surface area contributed by atoms with E-state index in [0.717, 1.165) is 22.4 Å². The highest BCUT2D eigenvalue weighted by Crippen LogP contribution is 2.36. The Labute approximate surface area is 107 Å². The van der Waals surface area contributed by atoms with E-state index in [0.29, 0.717) is 12.7 Å². The molecule has 3 atom stereocenters. The first-order valence-electron chi connectivity index (χ1n) is 6.38. The summed E-state index contributed by atoms with van der Waals surface area (Å²) in [4.78, 5) is 0. The molecule has 17 heavy (non-hydrogen) atoms. The first-order chi connectivity index (χ1) is 8.33. The molecule has 92 valence electrons. The molecule has 3 rings (SSSR count). The second kappa shape index (κ2) is 4.97. The second-order valence-electron chi connectivity index (χ2n) is 5.17. The van der Waals surface area contributed by atoms with Crippen LogP contribution in [0, 0.1) is 11.8 Å². The second-order valence-corrected chi connectivity index (χ2v) is 5.58. The normalized spacial score (nSPS) is 31.7. The van der Waals surface area contributed by atoms with Gasteiger partial charge in [0.1, 0.15) is 0 Å². The first-order valence-corrected chi connectivity index (χ1v) is 6.76. The van der Waals surface area contributed by atoms with Gasteiger partial charge in [-0.3, -0.25) is 0 Å². The van der Waals surface area contributed by atoms with Crippen molar-refractivity contribution in [3.8, 4) is 0 Å². The van der Waals surface area contributed by atoms with Crippen molar-refractivity contribution >= 4 is 11.6 Å². The maximum absolute atomic E-state index is 6.12. The number of fused-ring (bicyclic) bond motifs is 1. The van der Waals surface area contributed by atoms with E-state index in [1.54, 1.807) is 0 Å². The van der Waals surface area contributed by atoms with Crippen LogP contribution in [0.15, 0.2) is 24.3 Å². The Bertz CT molecular complexity index is 384. The van der Waals surface area contributed by atoms with E-state index < -0.39 is 0 Å². The Morgan fingerprint density at radius 2 is 1.88 bits per heavy atom. The van der Waals surface area contributed by atoms with Gasteiger partial charge in [-0.25, -0.2) is 0 Å². The van der Waals surface area contributed by atoms with Crippen LogP contribution in [0.2, 0.25) is 5.02 Å². The number of ether oxygens (including phenoxy) is 1. The van der Waals surface area contributed by atoms with Gasteiger partial charge in [-0.05, 0) is 49.4 Å². The molecule has 3 heteroatoms. The predicted octanol–water partition coefficient (Wildman–Crippen LogP) is 2.85. The molecule has 2 nitrogen and oxygen atoms in total. The molecule has 1 saturated heterocycles. The van der Waals surface area contributed by atoms with E-state index in [1.807, 2.05) is 24.3 Å². The minimum Gasteiger partial charge on any atom is -0.373 e. The lowest BCUT2D eigenvalue weighted by atomic mass is 10.0. The van der Waals surface area contributed by atoms with Gasteiger partial charge in [0.25, 0.3) is 0 Å². The molecule has 1 aliphatic carbocycles. The van der Waals surface area contributed by atoms with Gasteiger partial charge in [0, 0.05) is 5.02 Å². The molecule has 0 spiro atoms. The van der Waals surface area contributed by atoms with E-state index >= 15 is 0 Å². The van der Waals surface area contributed by atoms with Crippen molar-refractivity contribution < 1.29 is 4.74 Å². The van der Waals surface area contributed by atoms with E-state index in [1.165, 1.54) is 25.9 Å². The van der Waals surface area contributed by atoms with Gasteiger partial charge in [-0.2, -0.15) is 0 Å². The molecule has 1 aromatic rings. The average molecular weight is 252 g/mol. The lowest BCUT2D eigenvalue weighted by Gasteiger charge is -2.13. The quantitative estimate of drug-likeness (QED) is 0.892. The zero-order chi connectivity index (χ0) is 11.7. The smallest absolute Gasteiger partial charge is 0.0735 e. The molecular formula is C14H18ClNO. The summed E-state index contributed by atoms with van der Waals surface area (Å²) in [6.07, 6.45) is 2.85. The molecule has 1 heterocycles. The molecule has 1 N–H and O–H groups in total. The molecule has 0 unspecified atom stereocenters. The van der Waals surface area contributed by atoms with Gasteiger partial charge in [0.15, 0.2) is 0 Å². The molecule has 2 fully saturated rings. The fourth-order valence-corrected chi connectivity index (χ4v) is 3.26. The Hall–Kier alpha value is -0.570. The lowest BCUT2D eigenvalue weighted by molar-refractivity contribution is 0.0405. The summed E-state index contributed by atoms with van der Waals surface area (Å²) in [5, 5.41) is 4.26. The summed E-state index contributed by atoms with van der Waals surface area (Å²) in [7, 11) is 0. The van der Waals surface area contributed by atoms with Gasteiger partial charge < -0.3 is 10.1 Å². The summed E-state index contributed by atoms with van der Waals surface area (Å²) in [6, 6.07) is 7.93. The van der Waals surface area contributed by atoms with Crippen molar-refractivity contribution in [1.82, 2.24) is 5.32 Å². The number of benzene rings is 1. The van der Waals surface area contributed by atoms with Gasteiger partial charge in [0.05, 0.1) is 12.7 Å². The summed E-state index contributed by atoms with van der Waals surface area (Å²) in [5.74, 6) is 1.68. The highest BCUT2D eigenvalue weighted by molar-refractivity contribution is 6.31. The van der Waals surface area contributed by atoms with E-state index in [-0.39, 0.29) is 0 Å². The molecule has 2 aliphatic rings. The number of hydrogen-bond acceptors (Lipinski definition) is 2. The number of nitrogens with one attached hydrogen (secondary N) is 1. The standard InChI is InChI=1S/C14H18ClNO/c15-14-4-2-1-3-10(14)9-17-13-5-11-7-16-8-12(11)6-13/h1-4,11-13,16H,5-9H2/t11-,12+,13+. The van der Waals surface area contributed by atoms with Gasteiger partial charge >= 0.3 is 0 Å². The van der Waals surface area contributed by atoms with Crippen LogP contribution in [0.3, 0.4) is 0 Å². The van der Waals surface area contributed by atoms with Gasteiger partial charge in [0.2, 0.25) is 0 Å². The van der Waals surface area contributed by atoms with Crippen molar-refractivity contribution in [3.05, 3.63) is 34.9 Å². The molecule has 1 saturated carbocycles. The molecule has 1 aliphatic heterocycles. The molecular weight excluding hydrogens is 234 g/mol. The third-order valence-corrected chi connectivity index (χ3v) is 4.41. The zero-order valence-corrected chi connectivity index (χ0v) is 10.6. The van der Waals surface area contributed by atoms with E-state index in [4.69, 9.17) is 16.3 Å². The number of hydrogen-bond donors (Lipinski definition) is 1. The molecule has 1 aromatic carbocycles. The average Bonchev–Trinajstić information content (AvgIpc) is 2.88. The summed E-state index contributed by atoms with van der Waals surface area (Å²) >= 11 is 6.12. The Kier molecular flexibility index (Phi) is 3.37. The Balaban J connectivity index is 1.54. The van der Waals surface area contributed by atoms with Gasteiger partial charge in [-0.15, -0.1) is 0 Å². The summed E-state index contributed by atoms with van der Waals surface area (Å²) < 4.78 is 5.99. The maximum atomic E-state index is 6.12. The van der Waals surface area contributed by atoms with Crippen LogP contribution in [0.5, 0.6) is 0 Å². The molecule has 0 radical (unpaired) electrons. The highest BCUT2D eigenvalue weighted by Gasteiger charge is 2.37. The Morgan fingerprint density at radius 1 is 1.18 bits per heavy atom. The minimum atomic E-state index is 0.434. The molecule has 0 aromatic heterocycles. The third kappa shape index (κ3) is 2.49. The zero-order valence-electron chi connectivity index (χ0n) is 9.86. The van der Waals surface area contributed by atoms with Crippen LogP contribution in [-0.4, -0.2) is 19.2 Å². The van der Waals surface area contributed by atoms with Crippen LogP contribution >= 0.6 is 11.6 Å². The third-order valence-electron chi connectivity index (χ3n) is 4.04. The minimum absolute atomic E-state index is 0.434. The van der Waals surface area contributed by atoms with E-state index in [2.05, 4.69) is 5.32 Å². The van der Waals surface area contributed by atoms with Crippen LogP contribution in [0.1, 0.15) is 18.4 Å². The number of rotatable bonds is 3. The monoisotopic (exact) mass is 251 g/mol. The summed E-state index contributed by atoms with van der Waals surface area (Å²) in [6.45, 7) is 3.00. The lowest BCUT2D eigenvalue weighted by Crippen LogP contribution is -2.16. The largest absolute Gasteiger partial charge is 0.373 e. The number of halogens is 1. The van der Waals surface area contributed by atoms with Crippen LogP contribution in [0.25, 0.3) is 0 Å². The maximum Gasteiger partial charge on any atom is 0.0735 e. The predicted molar refractivity (Wildman–Crippen MR) is 69.1 cm³/mol. The van der Waals surface area contributed by atoms with Gasteiger partial charge in [-0.1, -0.05) is 29.8 Å². The van der Waals surface area contributed by atoms with Crippen molar-refractivity contribution in [2.75, 3.05) is 13.1 Å². The van der Waals surface area contributed by atoms with Crippen LogP contribution in [-0.2, 0) is 11.3 Å². The fourth-order valence-electron chi connectivity index (χ4n) is 3.07. The van der Waals surface area contributed by atoms with Crippen LogP contribution < -0.4 is 5.32 Å². The van der Waals surface area contributed by atoms with E-state index in [9.17, 15) is 0 Å². The van der Waals surface area contributed by atoms with Crippen molar-refractivity contribution in [2.24, 2.45) is 11.8 Å².